The van der Waals surface area contributed by atoms with E-state index in [1.54, 1.807) is 42.5 Å². The van der Waals surface area contributed by atoms with Gasteiger partial charge in [-0.2, -0.15) is 13.2 Å². The van der Waals surface area contributed by atoms with E-state index in [0.717, 1.165) is 5.56 Å². The maximum absolute atomic E-state index is 12.6. The van der Waals surface area contributed by atoms with Gasteiger partial charge in [0.25, 0.3) is 0 Å². The first-order valence-electron chi connectivity index (χ1n) is 8.86. The van der Waals surface area contributed by atoms with Crippen LogP contribution in [0.3, 0.4) is 0 Å². The highest BCUT2D eigenvalue weighted by molar-refractivity contribution is 6.02. The lowest BCUT2D eigenvalue weighted by molar-refractivity contribution is -0.145. The Hall–Kier alpha value is -2.83. The lowest BCUT2D eigenvalue weighted by Gasteiger charge is -2.20. The van der Waals surface area contributed by atoms with Gasteiger partial charge in [-0.1, -0.05) is 61.5 Å². The summed E-state index contributed by atoms with van der Waals surface area (Å²) in [6.45, 7) is 1.62. The summed E-state index contributed by atoms with van der Waals surface area (Å²) in [6, 6.07) is 15.3. The Morgan fingerprint density at radius 1 is 1.04 bits per heavy atom. The Labute approximate surface area is 161 Å². The highest BCUT2D eigenvalue weighted by Gasteiger charge is 2.33. The summed E-state index contributed by atoms with van der Waals surface area (Å²) in [5, 5.41) is 12.2. The molecule has 2 rings (SSSR count). The van der Waals surface area contributed by atoms with Crippen LogP contribution in [0.25, 0.3) is 0 Å². The average Bonchev–Trinajstić information content (AvgIpc) is 2.60. The number of aliphatic carboxylic acids is 1. The van der Waals surface area contributed by atoms with E-state index in [0.29, 0.717) is 5.56 Å². The quantitative estimate of drug-likeness (QED) is 0.657. The van der Waals surface area contributed by atoms with Crippen LogP contribution in [0.4, 0.5) is 13.2 Å². The van der Waals surface area contributed by atoms with Gasteiger partial charge in [-0.05, 0) is 29.0 Å². The molecule has 0 aliphatic carbocycles. The van der Waals surface area contributed by atoms with Crippen molar-refractivity contribution in [1.29, 1.82) is 0 Å². The molecule has 0 saturated heterocycles. The summed E-state index contributed by atoms with van der Waals surface area (Å²) < 4.78 is 37.9. The molecule has 0 heterocycles. The third kappa shape index (κ3) is 6.40. The first kappa shape index (κ1) is 21.5. The van der Waals surface area contributed by atoms with E-state index in [4.69, 9.17) is 0 Å². The van der Waals surface area contributed by atoms with E-state index in [9.17, 15) is 27.9 Å². The second kappa shape index (κ2) is 9.39. The lowest BCUT2D eigenvalue weighted by atomic mass is 9.88. The molecule has 2 atom stereocenters. The van der Waals surface area contributed by atoms with Gasteiger partial charge < -0.3 is 10.4 Å². The molecule has 0 aromatic heterocycles. The van der Waals surface area contributed by atoms with Gasteiger partial charge in [-0.15, -0.1) is 0 Å². The fourth-order valence-electron chi connectivity index (χ4n) is 3.12. The highest BCUT2D eigenvalue weighted by atomic mass is 19.4. The van der Waals surface area contributed by atoms with Crippen LogP contribution in [0.15, 0.2) is 54.6 Å². The molecule has 2 unspecified atom stereocenters. The van der Waals surface area contributed by atoms with Crippen LogP contribution in [0.1, 0.15) is 36.0 Å². The van der Waals surface area contributed by atoms with Gasteiger partial charge >= 0.3 is 12.1 Å². The fourth-order valence-corrected chi connectivity index (χ4v) is 3.12. The van der Waals surface area contributed by atoms with Gasteiger partial charge in [0.1, 0.15) is 0 Å². The van der Waals surface area contributed by atoms with Crippen LogP contribution in [-0.4, -0.2) is 23.2 Å². The van der Waals surface area contributed by atoms with Crippen molar-refractivity contribution in [3.63, 3.8) is 0 Å². The maximum Gasteiger partial charge on any atom is 0.389 e. The van der Waals surface area contributed by atoms with Gasteiger partial charge in [0.15, 0.2) is 5.92 Å². The summed E-state index contributed by atoms with van der Waals surface area (Å²) in [6.07, 6.45) is -5.24. The SMILES string of the molecule is CC(Cc1ccccc1C(C(=O)O)C(=O)NCc1ccccc1)CC(F)(F)F. The molecule has 0 spiro atoms. The molecule has 0 radical (unpaired) electrons. The molecule has 0 fully saturated rings. The minimum absolute atomic E-state index is 0.0332. The van der Waals surface area contributed by atoms with E-state index in [2.05, 4.69) is 5.32 Å². The molecule has 28 heavy (non-hydrogen) atoms. The smallest absolute Gasteiger partial charge is 0.389 e. The maximum atomic E-state index is 12.6. The summed E-state index contributed by atoms with van der Waals surface area (Å²) in [5.41, 5.74) is 1.46. The summed E-state index contributed by atoms with van der Waals surface area (Å²) in [7, 11) is 0. The largest absolute Gasteiger partial charge is 0.480 e. The molecule has 150 valence electrons. The zero-order valence-electron chi connectivity index (χ0n) is 15.4. The van der Waals surface area contributed by atoms with Crippen LogP contribution in [0, 0.1) is 5.92 Å². The van der Waals surface area contributed by atoms with Gasteiger partial charge in [0.2, 0.25) is 5.91 Å². The van der Waals surface area contributed by atoms with Crippen molar-refractivity contribution in [3.8, 4) is 0 Å². The van der Waals surface area contributed by atoms with Crippen molar-refractivity contribution in [3.05, 3.63) is 71.3 Å². The number of hydrogen-bond donors (Lipinski definition) is 2. The van der Waals surface area contributed by atoms with Crippen LogP contribution >= 0.6 is 0 Å². The number of carboxylic acids is 1. The van der Waals surface area contributed by atoms with Crippen molar-refractivity contribution in [2.24, 2.45) is 5.92 Å². The number of nitrogens with one attached hydrogen (secondary N) is 1. The van der Waals surface area contributed by atoms with Crippen LogP contribution in [0.5, 0.6) is 0 Å². The number of amides is 1. The predicted molar refractivity (Wildman–Crippen MR) is 98.6 cm³/mol. The molecule has 1 amide bonds. The molecular weight excluding hydrogens is 371 g/mol. The average molecular weight is 393 g/mol. The Kier molecular flexibility index (Phi) is 7.20. The van der Waals surface area contributed by atoms with Crippen molar-refractivity contribution in [1.82, 2.24) is 5.32 Å². The molecule has 0 bridgehead atoms. The summed E-state index contributed by atoms with van der Waals surface area (Å²) >= 11 is 0. The molecule has 0 aliphatic rings. The number of rotatable bonds is 8. The van der Waals surface area contributed by atoms with Crippen LogP contribution < -0.4 is 5.32 Å². The van der Waals surface area contributed by atoms with Crippen LogP contribution in [0.2, 0.25) is 0 Å². The molecule has 0 aliphatic heterocycles. The topological polar surface area (TPSA) is 66.4 Å². The molecular formula is C21H22F3NO3. The normalized spacial score (nSPS) is 13.6. The second-order valence-electron chi connectivity index (χ2n) is 6.80. The number of carboxylic acid groups (broad SMARTS) is 1. The van der Waals surface area contributed by atoms with Gasteiger partial charge in [0.05, 0.1) is 0 Å². The highest BCUT2D eigenvalue weighted by Crippen LogP contribution is 2.29. The van der Waals surface area contributed by atoms with Gasteiger partial charge in [-0.25, -0.2) is 0 Å². The zero-order valence-corrected chi connectivity index (χ0v) is 15.4. The monoisotopic (exact) mass is 393 g/mol. The zero-order chi connectivity index (χ0) is 20.7. The third-order valence-corrected chi connectivity index (χ3v) is 4.33. The Morgan fingerprint density at radius 3 is 2.25 bits per heavy atom. The van der Waals surface area contributed by atoms with Gasteiger partial charge in [0, 0.05) is 13.0 Å². The molecule has 2 aromatic rings. The number of hydrogen-bond acceptors (Lipinski definition) is 2. The minimum Gasteiger partial charge on any atom is -0.480 e. The molecule has 2 aromatic carbocycles. The van der Waals surface area contributed by atoms with E-state index in [1.165, 1.54) is 13.0 Å². The number of carbonyl (C=O) groups excluding carboxylic acids is 1. The van der Waals surface area contributed by atoms with E-state index < -0.39 is 36.3 Å². The van der Waals surface area contributed by atoms with Crippen molar-refractivity contribution in [2.75, 3.05) is 0 Å². The van der Waals surface area contributed by atoms with E-state index in [1.807, 2.05) is 6.07 Å². The lowest BCUT2D eigenvalue weighted by Crippen LogP contribution is -2.34. The number of alkyl halides is 3. The first-order chi connectivity index (χ1) is 13.2. The fraction of sp³-hybridized carbons (Fsp3) is 0.333. The molecule has 7 heteroatoms. The number of carbonyl (C=O) groups is 2. The number of halogens is 3. The molecule has 4 nitrogen and oxygen atoms in total. The van der Waals surface area contributed by atoms with Crippen molar-refractivity contribution >= 4 is 11.9 Å². The Bertz CT molecular complexity index is 806. The van der Waals surface area contributed by atoms with Crippen molar-refractivity contribution < 1.29 is 27.9 Å². The first-order valence-corrected chi connectivity index (χ1v) is 8.86. The standard InChI is InChI=1S/C21H22F3NO3/c1-14(12-21(22,23)24)11-16-9-5-6-10-17(16)18(20(27)28)19(26)25-13-15-7-3-2-4-8-15/h2-10,14,18H,11-13H2,1H3,(H,25,26)(H,27,28). The van der Waals surface area contributed by atoms with Gasteiger partial charge in [-0.3, -0.25) is 9.59 Å². The van der Waals surface area contributed by atoms with E-state index in [-0.39, 0.29) is 18.5 Å². The number of benzene rings is 2. The molecule has 0 saturated carbocycles. The second-order valence-corrected chi connectivity index (χ2v) is 6.80. The van der Waals surface area contributed by atoms with E-state index >= 15 is 0 Å². The third-order valence-electron chi connectivity index (χ3n) is 4.33. The Morgan fingerprint density at radius 2 is 1.64 bits per heavy atom. The molecule has 2 N–H and O–H groups in total. The summed E-state index contributed by atoms with van der Waals surface area (Å²) in [4.78, 5) is 24.3. The summed E-state index contributed by atoms with van der Waals surface area (Å²) in [5.74, 6) is -4.27. The van der Waals surface area contributed by atoms with Crippen molar-refractivity contribution in [2.45, 2.75) is 38.4 Å². The predicted octanol–water partition coefficient (Wildman–Crippen LogP) is 4.30. The Balaban J connectivity index is 2.19. The van der Waals surface area contributed by atoms with Crippen LogP contribution in [-0.2, 0) is 22.6 Å². The minimum atomic E-state index is -4.30.